The Balaban J connectivity index is 1.77. The van der Waals surface area contributed by atoms with Crippen LogP contribution in [0.25, 0.3) is 0 Å². The van der Waals surface area contributed by atoms with Gasteiger partial charge in [-0.05, 0) is 36.4 Å². The van der Waals surface area contributed by atoms with Gasteiger partial charge in [0.2, 0.25) is 11.8 Å². The van der Waals surface area contributed by atoms with Crippen molar-refractivity contribution >= 4 is 23.2 Å². The minimum atomic E-state index is -0.352. The summed E-state index contributed by atoms with van der Waals surface area (Å²) in [6.07, 6.45) is 0. The molecule has 3 aromatic carbocycles. The Hall–Kier alpha value is -3.80. The van der Waals surface area contributed by atoms with E-state index in [0.717, 1.165) is 0 Å². The molecule has 6 heteroatoms. The van der Waals surface area contributed by atoms with Crippen molar-refractivity contribution in [2.24, 2.45) is 0 Å². The zero-order chi connectivity index (χ0) is 20.6. The minimum absolute atomic E-state index is 0.157. The van der Waals surface area contributed by atoms with Gasteiger partial charge in [-0.25, -0.2) is 0 Å². The molecule has 0 heterocycles. The lowest BCUT2D eigenvalue weighted by Gasteiger charge is -2.23. The molecule has 0 atom stereocenters. The van der Waals surface area contributed by atoms with Crippen molar-refractivity contribution in [3.63, 3.8) is 0 Å². The van der Waals surface area contributed by atoms with Crippen LogP contribution in [0.15, 0.2) is 78.9 Å². The van der Waals surface area contributed by atoms with Gasteiger partial charge in [-0.15, -0.1) is 0 Å². The SMILES string of the molecule is COc1ccccc1N(CC(=O)Nc1ccccc1Oc1ccccc1)C(C)=O. The van der Waals surface area contributed by atoms with Crippen molar-refractivity contribution in [1.82, 2.24) is 0 Å². The number of ether oxygens (including phenoxy) is 2. The van der Waals surface area contributed by atoms with Crippen LogP contribution in [0.3, 0.4) is 0 Å². The topological polar surface area (TPSA) is 67.9 Å². The number of carbonyl (C=O) groups excluding carboxylic acids is 2. The summed E-state index contributed by atoms with van der Waals surface area (Å²) in [7, 11) is 1.52. The lowest BCUT2D eigenvalue weighted by Crippen LogP contribution is -2.37. The number of hydrogen-bond donors (Lipinski definition) is 1. The molecule has 0 radical (unpaired) electrons. The highest BCUT2D eigenvalue weighted by Crippen LogP contribution is 2.30. The van der Waals surface area contributed by atoms with Crippen molar-refractivity contribution in [3.8, 4) is 17.2 Å². The normalized spacial score (nSPS) is 10.1. The fourth-order valence-corrected chi connectivity index (χ4v) is 2.83. The summed E-state index contributed by atoms with van der Waals surface area (Å²) in [5.41, 5.74) is 1.05. The predicted octanol–water partition coefficient (Wildman–Crippen LogP) is 4.48. The van der Waals surface area contributed by atoms with Gasteiger partial charge in [0, 0.05) is 6.92 Å². The van der Waals surface area contributed by atoms with Crippen molar-refractivity contribution in [2.75, 3.05) is 23.9 Å². The van der Waals surface area contributed by atoms with Gasteiger partial charge in [-0.1, -0.05) is 42.5 Å². The van der Waals surface area contributed by atoms with E-state index in [9.17, 15) is 9.59 Å². The predicted molar refractivity (Wildman–Crippen MR) is 113 cm³/mol. The molecular weight excluding hydrogens is 368 g/mol. The van der Waals surface area contributed by atoms with Gasteiger partial charge in [-0.2, -0.15) is 0 Å². The number of carbonyl (C=O) groups is 2. The highest BCUT2D eigenvalue weighted by Gasteiger charge is 2.20. The number of nitrogens with zero attached hydrogens (tertiary/aromatic N) is 1. The smallest absolute Gasteiger partial charge is 0.244 e. The molecule has 1 N–H and O–H groups in total. The maximum absolute atomic E-state index is 12.7. The van der Waals surface area contributed by atoms with Crippen LogP contribution in [0.4, 0.5) is 11.4 Å². The molecule has 0 saturated heterocycles. The summed E-state index contributed by atoms with van der Waals surface area (Å²) in [5.74, 6) is 1.07. The molecule has 0 aromatic heterocycles. The third-order valence-electron chi connectivity index (χ3n) is 4.19. The van der Waals surface area contributed by atoms with E-state index in [1.54, 1.807) is 42.5 Å². The second kappa shape index (κ2) is 9.41. The van der Waals surface area contributed by atoms with Crippen molar-refractivity contribution in [3.05, 3.63) is 78.9 Å². The number of para-hydroxylation sites is 5. The number of nitrogens with one attached hydrogen (secondary N) is 1. The summed E-state index contributed by atoms with van der Waals surface area (Å²) in [6.45, 7) is 1.25. The van der Waals surface area contributed by atoms with Gasteiger partial charge < -0.3 is 14.8 Å². The molecule has 0 fully saturated rings. The van der Waals surface area contributed by atoms with E-state index < -0.39 is 0 Å². The standard InChI is InChI=1S/C23H22N2O4/c1-17(26)25(20-13-7-9-15-22(20)28-2)16-23(27)24-19-12-6-8-14-21(19)29-18-10-4-3-5-11-18/h3-15H,16H2,1-2H3,(H,24,27). The van der Waals surface area contributed by atoms with E-state index in [0.29, 0.717) is 28.6 Å². The molecule has 3 aromatic rings. The van der Waals surface area contributed by atoms with Crippen molar-refractivity contribution in [2.45, 2.75) is 6.92 Å². The summed E-state index contributed by atoms with van der Waals surface area (Å²) in [5, 5.41) is 2.82. The zero-order valence-corrected chi connectivity index (χ0v) is 16.3. The first kappa shape index (κ1) is 19.9. The number of methoxy groups -OCH3 is 1. The van der Waals surface area contributed by atoms with Gasteiger partial charge in [-0.3, -0.25) is 14.5 Å². The number of benzene rings is 3. The Morgan fingerprint density at radius 1 is 0.862 bits per heavy atom. The number of rotatable bonds is 7. The fourth-order valence-electron chi connectivity index (χ4n) is 2.83. The van der Waals surface area contributed by atoms with E-state index in [2.05, 4.69) is 5.32 Å². The van der Waals surface area contributed by atoms with Crippen LogP contribution in [0, 0.1) is 0 Å². The van der Waals surface area contributed by atoms with E-state index in [1.807, 2.05) is 36.4 Å². The van der Waals surface area contributed by atoms with Crippen LogP contribution in [-0.2, 0) is 9.59 Å². The van der Waals surface area contributed by atoms with Crippen LogP contribution in [-0.4, -0.2) is 25.5 Å². The Morgan fingerprint density at radius 2 is 1.48 bits per heavy atom. The van der Waals surface area contributed by atoms with E-state index >= 15 is 0 Å². The Labute approximate surface area is 169 Å². The first-order valence-corrected chi connectivity index (χ1v) is 9.11. The highest BCUT2D eigenvalue weighted by molar-refractivity contribution is 6.03. The molecule has 0 aliphatic heterocycles. The van der Waals surface area contributed by atoms with Crippen LogP contribution in [0.2, 0.25) is 0 Å². The molecule has 148 valence electrons. The molecular formula is C23H22N2O4. The number of amides is 2. The van der Waals surface area contributed by atoms with Crippen LogP contribution in [0.5, 0.6) is 17.2 Å². The lowest BCUT2D eigenvalue weighted by molar-refractivity contribution is -0.120. The van der Waals surface area contributed by atoms with Gasteiger partial charge in [0.1, 0.15) is 18.0 Å². The Morgan fingerprint density at radius 3 is 2.17 bits per heavy atom. The molecule has 29 heavy (non-hydrogen) atoms. The molecule has 6 nitrogen and oxygen atoms in total. The molecule has 0 unspecified atom stereocenters. The zero-order valence-electron chi connectivity index (χ0n) is 16.3. The van der Waals surface area contributed by atoms with Crippen molar-refractivity contribution < 1.29 is 19.1 Å². The Bertz CT molecular complexity index is 989. The summed E-state index contributed by atoms with van der Waals surface area (Å²) in [6, 6.07) is 23.5. The molecule has 0 spiro atoms. The second-order valence-electron chi connectivity index (χ2n) is 6.24. The largest absolute Gasteiger partial charge is 0.495 e. The average molecular weight is 390 g/mol. The lowest BCUT2D eigenvalue weighted by atomic mass is 10.2. The monoisotopic (exact) mass is 390 g/mol. The number of hydrogen-bond acceptors (Lipinski definition) is 4. The van der Waals surface area contributed by atoms with Gasteiger partial charge in [0.25, 0.3) is 0 Å². The maximum atomic E-state index is 12.7. The first-order chi connectivity index (χ1) is 14.1. The van der Waals surface area contributed by atoms with Crippen LogP contribution < -0.4 is 19.7 Å². The molecule has 0 saturated carbocycles. The quantitative estimate of drug-likeness (QED) is 0.646. The number of anilines is 2. The third kappa shape index (κ3) is 5.13. The van der Waals surface area contributed by atoms with E-state index in [1.165, 1.54) is 18.9 Å². The van der Waals surface area contributed by atoms with Gasteiger partial charge in [0.15, 0.2) is 5.75 Å². The second-order valence-corrected chi connectivity index (χ2v) is 6.24. The van der Waals surface area contributed by atoms with Crippen LogP contribution in [0.1, 0.15) is 6.92 Å². The third-order valence-corrected chi connectivity index (χ3v) is 4.19. The van der Waals surface area contributed by atoms with Crippen LogP contribution >= 0.6 is 0 Å². The van der Waals surface area contributed by atoms with Gasteiger partial charge >= 0.3 is 0 Å². The minimum Gasteiger partial charge on any atom is -0.495 e. The fraction of sp³-hybridized carbons (Fsp3) is 0.130. The summed E-state index contributed by atoms with van der Waals surface area (Å²) in [4.78, 5) is 26.2. The molecule has 0 aliphatic carbocycles. The average Bonchev–Trinajstić information content (AvgIpc) is 2.74. The van der Waals surface area contributed by atoms with Gasteiger partial charge in [0.05, 0.1) is 18.5 Å². The molecule has 2 amide bonds. The molecule has 0 aliphatic rings. The summed E-state index contributed by atoms with van der Waals surface area (Å²) < 4.78 is 11.2. The summed E-state index contributed by atoms with van der Waals surface area (Å²) >= 11 is 0. The van der Waals surface area contributed by atoms with E-state index in [-0.39, 0.29) is 18.4 Å². The molecule has 0 bridgehead atoms. The van der Waals surface area contributed by atoms with E-state index in [4.69, 9.17) is 9.47 Å². The Kier molecular flexibility index (Phi) is 6.47. The first-order valence-electron chi connectivity index (χ1n) is 9.11. The molecule has 3 rings (SSSR count). The maximum Gasteiger partial charge on any atom is 0.244 e. The van der Waals surface area contributed by atoms with Crippen molar-refractivity contribution in [1.29, 1.82) is 0 Å². The highest BCUT2D eigenvalue weighted by atomic mass is 16.5.